The molecule has 5 heteroatoms. The van der Waals surface area contributed by atoms with Crippen LogP contribution in [-0.4, -0.2) is 23.6 Å². The van der Waals surface area contributed by atoms with Crippen molar-refractivity contribution in [2.45, 2.75) is 51.6 Å². The number of halogens is 1. The molecule has 160 valence electrons. The lowest BCUT2D eigenvalue weighted by atomic mass is 9.69. The molecule has 0 amide bonds. The van der Waals surface area contributed by atoms with Crippen molar-refractivity contribution in [3.63, 3.8) is 0 Å². The van der Waals surface area contributed by atoms with Gasteiger partial charge in [-0.3, -0.25) is 14.6 Å². The highest BCUT2D eigenvalue weighted by Crippen LogP contribution is 2.47. The van der Waals surface area contributed by atoms with E-state index in [0.29, 0.717) is 24.1 Å². The summed E-state index contributed by atoms with van der Waals surface area (Å²) in [4.78, 5) is 31.4. The van der Waals surface area contributed by atoms with Gasteiger partial charge in [-0.25, -0.2) is 0 Å². The SMILES string of the molecule is CC1=NC2=C(C(=O)C[C@@H](c3ccccc3)C2)[C@H](c2ccc(Br)cc2)C1C(=O)OC(C)C. The van der Waals surface area contributed by atoms with Gasteiger partial charge in [0.15, 0.2) is 5.78 Å². The summed E-state index contributed by atoms with van der Waals surface area (Å²) in [5.74, 6) is -1.13. The number of rotatable bonds is 4. The zero-order valence-corrected chi connectivity index (χ0v) is 19.6. The van der Waals surface area contributed by atoms with Gasteiger partial charge in [0.05, 0.1) is 6.10 Å². The van der Waals surface area contributed by atoms with Crippen molar-refractivity contribution in [1.29, 1.82) is 0 Å². The van der Waals surface area contributed by atoms with Crippen LogP contribution < -0.4 is 0 Å². The largest absolute Gasteiger partial charge is 0.462 e. The Balaban J connectivity index is 1.79. The molecular weight excluding hydrogens is 454 g/mol. The topological polar surface area (TPSA) is 55.7 Å². The third-order valence-electron chi connectivity index (χ3n) is 5.99. The summed E-state index contributed by atoms with van der Waals surface area (Å²) >= 11 is 3.48. The van der Waals surface area contributed by atoms with E-state index >= 15 is 0 Å². The number of allylic oxidation sites excluding steroid dienone is 2. The molecule has 1 aliphatic carbocycles. The molecule has 0 radical (unpaired) electrons. The average Bonchev–Trinajstić information content (AvgIpc) is 2.73. The van der Waals surface area contributed by atoms with Crippen molar-refractivity contribution in [3.8, 4) is 0 Å². The summed E-state index contributed by atoms with van der Waals surface area (Å²) in [6.45, 7) is 5.55. The van der Waals surface area contributed by atoms with E-state index in [1.165, 1.54) is 0 Å². The monoisotopic (exact) mass is 479 g/mol. The van der Waals surface area contributed by atoms with Crippen molar-refractivity contribution in [3.05, 3.63) is 81.5 Å². The molecule has 1 unspecified atom stereocenters. The van der Waals surface area contributed by atoms with Gasteiger partial charge in [-0.15, -0.1) is 0 Å². The molecule has 4 rings (SSSR count). The first-order valence-electron chi connectivity index (χ1n) is 10.7. The molecule has 1 aliphatic heterocycles. The standard InChI is InChI=1S/C26H26BrNO3/c1-15(2)31-26(30)23-16(3)28-21-13-19(17-7-5-4-6-8-17)14-22(29)25(21)24(23)18-9-11-20(27)12-10-18/h4-12,15,19,23-24H,13-14H2,1-3H3/t19-,23?,24+/m0/s1. The smallest absolute Gasteiger partial charge is 0.315 e. The fourth-order valence-electron chi connectivity index (χ4n) is 4.66. The minimum atomic E-state index is -0.598. The molecular formula is C26H26BrNO3. The van der Waals surface area contributed by atoms with Gasteiger partial charge < -0.3 is 4.74 Å². The third-order valence-corrected chi connectivity index (χ3v) is 6.52. The van der Waals surface area contributed by atoms with Crippen LogP contribution in [0.15, 0.2) is 75.3 Å². The zero-order valence-electron chi connectivity index (χ0n) is 18.0. The Hall–Kier alpha value is -2.53. The third kappa shape index (κ3) is 4.42. The van der Waals surface area contributed by atoms with E-state index < -0.39 is 5.92 Å². The van der Waals surface area contributed by atoms with E-state index in [2.05, 4.69) is 28.1 Å². The fourth-order valence-corrected chi connectivity index (χ4v) is 4.93. The summed E-state index contributed by atoms with van der Waals surface area (Å²) in [6, 6.07) is 18.0. The minimum absolute atomic E-state index is 0.0709. The highest BCUT2D eigenvalue weighted by molar-refractivity contribution is 9.10. The molecule has 2 aromatic carbocycles. The summed E-state index contributed by atoms with van der Waals surface area (Å²) in [6.07, 6.45) is 0.892. The number of hydrogen-bond donors (Lipinski definition) is 0. The van der Waals surface area contributed by atoms with E-state index in [9.17, 15) is 9.59 Å². The van der Waals surface area contributed by atoms with Crippen LogP contribution in [0.2, 0.25) is 0 Å². The summed E-state index contributed by atoms with van der Waals surface area (Å²) in [5, 5.41) is 0. The van der Waals surface area contributed by atoms with E-state index in [1.54, 1.807) is 0 Å². The second-order valence-electron chi connectivity index (χ2n) is 8.55. The van der Waals surface area contributed by atoms with Gasteiger partial charge in [0.1, 0.15) is 5.92 Å². The number of Topliss-reactive ketones (excluding diaryl/α,β-unsaturated/α-hetero) is 1. The maximum absolute atomic E-state index is 13.5. The lowest BCUT2D eigenvalue weighted by Crippen LogP contribution is -2.38. The number of ether oxygens (including phenoxy) is 1. The Morgan fingerprint density at radius 1 is 1.03 bits per heavy atom. The minimum Gasteiger partial charge on any atom is -0.462 e. The Kier molecular flexibility index (Phi) is 6.24. The lowest BCUT2D eigenvalue weighted by Gasteiger charge is -2.36. The molecule has 2 aromatic rings. The number of aliphatic imine (C=N–C) groups is 1. The van der Waals surface area contributed by atoms with Crippen molar-refractivity contribution in [2.75, 3.05) is 0 Å². The Labute approximate surface area is 191 Å². The molecule has 0 saturated carbocycles. The van der Waals surface area contributed by atoms with Crippen LogP contribution in [0.4, 0.5) is 0 Å². The van der Waals surface area contributed by atoms with E-state index in [0.717, 1.165) is 21.3 Å². The predicted octanol–water partition coefficient (Wildman–Crippen LogP) is 5.98. The van der Waals surface area contributed by atoms with Gasteiger partial charge in [-0.1, -0.05) is 58.4 Å². The number of carbonyl (C=O) groups is 2. The zero-order chi connectivity index (χ0) is 22.1. The lowest BCUT2D eigenvalue weighted by molar-refractivity contribution is -0.150. The highest BCUT2D eigenvalue weighted by atomic mass is 79.9. The van der Waals surface area contributed by atoms with Crippen molar-refractivity contribution in [2.24, 2.45) is 10.9 Å². The molecule has 0 aromatic heterocycles. The van der Waals surface area contributed by atoms with Crippen molar-refractivity contribution in [1.82, 2.24) is 0 Å². The first-order valence-corrected chi connectivity index (χ1v) is 11.5. The first kappa shape index (κ1) is 21.7. The number of esters is 1. The highest BCUT2D eigenvalue weighted by Gasteiger charge is 2.44. The van der Waals surface area contributed by atoms with Gasteiger partial charge in [-0.2, -0.15) is 0 Å². The van der Waals surface area contributed by atoms with E-state index in [-0.39, 0.29) is 29.7 Å². The quantitative estimate of drug-likeness (QED) is 0.507. The van der Waals surface area contributed by atoms with Crippen LogP contribution in [0.1, 0.15) is 56.6 Å². The second-order valence-corrected chi connectivity index (χ2v) is 9.46. The predicted molar refractivity (Wildman–Crippen MR) is 125 cm³/mol. The van der Waals surface area contributed by atoms with Crippen LogP contribution in [0, 0.1) is 5.92 Å². The molecule has 0 saturated heterocycles. The molecule has 4 nitrogen and oxygen atoms in total. The van der Waals surface area contributed by atoms with Gasteiger partial charge in [0.25, 0.3) is 0 Å². The van der Waals surface area contributed by atoms with Crippen LogP contribution in [0.25, 0.3) is 0 Å². The first-order chi connectivity index (χ1) is 14.8. The fraction of sp³-hybridized carbons (Fsp3) is 0.346. The van der Waals surface area contributed by atoms with Gasteiger partial charge in [0, 0.05) is 33.8 Å². The Morgan fingerprint density at radius 2 is 1.71 bits per heavy atom. The normalized spacial score (nSPS) is 23.5. The van der Waals surface area contributed by atoms with E-state index in [1.807, 2.05) is 63.2 Å². The number of hydrogen-bond acceptors (Lipinski definition) is 4. The Bertz CT molecular complexity index is 1050. The molecule has 0 fully saturated rings. The number of benzene rings is 2. The maximum atomic E-state index is 13.5. The summed E-state index contributed by atoms with van der Waals surface area (Å²) in [5.41, 5.74) is 4.27. The molecule has 0 bridgehead atoms. The van der Waals surface area contributed by atoms with Gasteiger partial charge in [0.2, 0.25) is 0 Å². The second kappa shape index (κ2) is 8.91. The number of nitrogens with zero attached hydrogens (tertiary/aromatic N) is 1. The molecule has 3 atom stereocenters. The molecule has 0 N–H and O–H groups in total. The Morgan fingerprint density at radius 3 is 2.35 bits per heavy atom. The van der Waals surface area contributed by atoms with Gasteiger partial charge in [-0.05, 0) is 56.4 Å². The van der Waals surface area contributed by atoms with Crippen molar-refractivity contribution < 1.29 is 14.3 Å². The molecule has 0 spiro atoms. The number of ketones is 1. The van der Waals surface area contributed by atoms with Crippen LogP contribution >= 0.6 is 15.9 Å². The summed E-state index contributed by atoms with van der Waals surface area (Å²) in [7, 11) is 0. The van der Waals surface area contributed by atoms with E-state index in [4.69, 9.17) is 9.73 Å². The molecule has 1 heterocycles. The van der Waals surface area contributed by atoms with Crippen LogP contribution in [0.3, 0.4) is 0 Å². The average molecular weight is 480 g/mol. The van der Waals surface area contributed by atoms with Crippen molar-refractivity contribution >= 4 is 33.4 Å². The van der Waals surface area contributed by atoms with Gasteiger partial charge >= 0.3 is 5.97 Å². The molecule has 31 heavy (non-hydrogen) atoms. The van der Waals surface area contributed by atoms with Crippen LogP contribution in [-0.2, 0) is 14.3 Å². The number of carbonyl (C=O) groups excluding carboxylic acids is 2. The maximum Gasteiger partial charge on any atom is 0.315 e. The van der Waals surface area contributed by atoms with Crippen LogP contribution in [0.5, 0.6) is 0 Å². The molecule has 2 aliphatic rings. The summed E-state index contributed by atoms with van der Waals surface area (Å²) < 4.78 is 6.53.